The molecule has 0 aliphatic carbocycles. The van der Waals surface area contributed by atoms with Gasteiger partial charge in [-0.2, -0.15) is 4.98 Å². The van der Waals surface area contributed by atoms with E-state index in [2.05, 4.69) is 20.6 Å². The molecule has 0 spiro atoms. The number of hydrogen-bond donors (Lipinski definition) is 3. The van der Waals surface area contributed by atoms with E-state index < -0.39 is 10.0 Å². The molecule has 0 bridgehead atoms. The average molecular weight is 398 g/mol. The van der Waals surface area contributed by atoms with Crippen LogP contribution in [0, 0.1) is 13.8 Å². The van der Waals surface area contributed by atoms with Gasteiger partial charge in [0, 0.05) is 24.0 Å². The Balaban J connectivity index is 1.63. The van der Waals surface area contributed by atoms with Gasteiger partial charge in [-0.1, -0.05) is 30.3 Å². The normalized spacial score (nSPS) is 11.2. The highest BCUT2D eigenvalue weighted by Crippen LogP contribution is 2.20. The van der Waals surface area contributed by atoms with Gasteiger partial charge in [-0.15, -0.1) is 0 Å². The first-order chi connectivity index (χ1) is 13.3. The van der Waals surface area contributed by atoms with Crippen LogP contribution in [0.5, 0.6) is 0 Å². The summed E-state index contributed by atoms with van der Waals surface area (Å²) in [6.07, 6.45) is 0.697. The molecule has 3 aromatic rings. The molecule has 0 atom stereocenters. The molecule has 1 heterocycles. The Labute approximate surface area is 165 Å². The minimum absolute atomic E-state index is 0.109. The minimum atomic E-state index is -3.66. The van der Waals surface area contributed by atoms with E-state index in [1.807, 2.05) is 44.2 Å². The maximum Gasteiger partial charge on any atom is 0.238 e. The number of primary sulfonamides is 1. The van der Waals surface area contributed by atoms with Crippen molar-refractivity contribution >= 4 is 27.5 Å². The molecular formula is C20H23N5O2S. The van der Waals surface area contributed by atoms with E-state index in [1.165, 1.54) is 12.1 Å². The molecule has 2 aromatic carbocycles. The topological polar surface area (TPSA) is 110 Å². The molecule has 0 radical (unpaired) electrons. The molecule has 0 amide bonds. The fourth-order valence-corrected chi connectivity index (χ4v) is 3.24. The molecule has 4 N–H and O–H groups in total. The van der Waals surface area contributed by atoms with Crippen molar-refractivity contribution in [1.29, 1.82) is 0 Å². The average Bonchev–Trinajstić information content (AvgIpc) is 2.63. The molecule has 7 nitrogen and oxygen atoms in total. The summed E-state index contributed by atoms with van der Waals surface area (Å²) in [5.74, 6) is 1.26. The van der Waals surface area contributed by atoms with E-state index in [0.717, 1.165) is 28.3 Å². The Morgan fingerprint density at radius 3 is 2.39 bits per heavy atom. The SMILES string of the molecule is Cc1cc(Nc2ccccc2C)nc(NCCc2ccc(S(N)(=O)=O)cc2)n1. The number of aromatic nitrogens is 2. The lowest BCUT2D eigenvalue weighted by Crippen LogP contribution is -2.12. The highest BCUT2D eigenvalue weighted by Gasteiger charge is 2.07. The fraction of sp³-hybridized carbons (Fsp3) is 0.200. The summed E-state index contributed by atoms with van der Waals surface area (Å²) in [4.78, 5) is 9.05. The quantitative estimate of drug-likeness (QED) is 0.565. The van der Waals surface area contributed by atoms with E-state index >= 15 is 0 Å². The lowest BCUT2D eigenvalue weighted by Gasteiger charge is -2.11. The second kappa shape index (κ2) is 8.37. The maximum absolute atomic E-state index is 11.3. The van der Waals surface area contributed by atoms with Crippen LogP contribution >= 0.6 is 0 Å². The Morgan fingerprint density at radius 1 is 1.00 bits per heavy atom. The molecule has 0 saturated carbocycles. The molecule has 3 rings (SSSR count). The van der Waals surface area contributed by atoms with Gasteiger partial charge in [0.1, 0.15) is 5.82 Å². The molecule has 0 aliphatic rings. The summed E-state index contributed by atoms with van der Waals surface area (Å²) in [6.45, 7) is 4.57. The number of nitrogens with two attached hydrogens (primary N) is 1. The van der Waals surface area contributed by atoms with Crippen molar-refractivity contribution in [2.24, 2.45) is 5.14 Å². The van der Waals surface area contributed by atoms with Gasteiger partial charge < -0.3 is 10.6 Å². The zero-order valence-corrected chi connectivity index (χ0v) is 16.6. The molecule has 0 fully saturated rings. The van der Waals surface area contributed by atoms with Gasteiger partial charge in [0.2, 0.25) is 16.0 Å². The van der Waals surface area contributed by atoms with Crippen LogP contribution in [-0.4, -0.2) is 24.9 Å². The number of rotatable bonds is 7. The number of sulfonamides is 1. The van der Waals surface area contributed by atoms with Gasteiger partial charge in [-0.05, 0) is 49.6 Å². The third kappa shape index (κ3) is 5.28. The minimum Gasteiger partial charge on any atom is -0.354 e. The van der Waals surface area contributed by atoms with E-state index in [-0.39, 0.29) is 4.90 Å². The summed E-state index contributed by atoms with van der Waals surface area (Å²) in [7, 11) is -3.66. The van der Waals surface area contributed by atoms with Gasteiger partial charge in [-0.25, -0.2) is 18.5 Å². The molecule has 0 saturated heterocycles. The van der Waals surface area contributed by atoms with E-state index in [4.69, 9.17) is 5.14 Å². The zero-order valence-electron chi connectivity index (χ0n) is 15.8. The van der Waals surface area contributed by atoms with E-state index in [0.29, 0.717) is 18.9 Å². The molecule has 146 valence electrons. The van der Waals surface area contributed by atoms with Crippen LogP contribution in [0.2, 0.25) is 0 Å². The van der Waals surface area contributed by atoms with Gasteiger partial charge in [0.15, 0.2) is 0 Å². The number of anilines is 3. The summed E-state index contributed by atoms with van der Waals surface area (Å²) < 4.78 is 22.6. The Kier molecular flexibility index (Phi) is 5.91. The third-order valence-electron chi connectivity index (χ3n) is 4.21. The predicted molar refractivity (Wildman–Crippen MR) is 111 cm³/mol. The van der Waals surface area contributed by atoms with Crippen LogP contribution in [0.4, 0.5) is 17.5 Å². The molecule has 28 heavy (non-hydrogen) atoms. The second-order valence-corrected chi connectivity index (χ2v) is 8.09. The van der Waals surface area contributed by atoms with Gasteiger partial charge >= 0.3 is 0 Å². The first kappa shape index (κ1) is 19.8. The predicted octanol–water partition coefficient (Wildman–Crippen LogP) is 3.14. The number of para-hydroxylation sites is 1. The van der Waals surface area contributed by atoms with Crippen molar-refractivity contribution in [2.45, 2.75) is 25.2 Å². The fourth-order valence-electron chi connectivity index (χ4n) is 2.73. The van der Waals surface area contributed by atoms with Crippen molar-refractivity contribution < 1.29 is 8.42 Å². The van der Waals surface area contributed by atoms with Crippen molar-refractivity contribution in [2.75, 3.05) is 17.2 Å². The Bertz CT molecular complexity index is 1070. The first-order valence-electron chi connectivity index (χ1n) is 8.85. The highest BCUT2D eigenvalue weighted by atomic mass is 32.2. The molecule has 1 aromatic heterocycles. The first-order valence-corrected chi connectivity index (χ1v) is 10.4. The van der Waals surface area contributed by atoms with E-state index in [1.54, 1.807) is 12.1 Å². The van der Waals surface area contributed by atoms with Crippen LogP contribution in [-0.2, 0) is 16.4 Å². The number of nitrogens with one attached hydrogen (secondary N) is 2. The molecule has 0 unspecified atom stereocenters. The number of aryl methyl sites for hydroxylation is 2. The Morgan fingerprint density at radius 2 is 1.71 bits per heavy atom. The van der Waals surface area contributed by atoms with E-state index in [9.17, 15) is 8.42 Å². The van der Waals surface area contributed by atoms with Crippen molar-refractivity contribution in [1.82, 2.24) is 9.97 Å². The lowest BCUT2D eigenvalue weighted by atomic mass is 10.1. The summed E-state index contributed by atoms with van der Waals surface area (Å²) >= 11 is 0. The monoisotopic (exact) mass is 397 g/mol. The summed E-state index contributed by atoms with van der Waals surface area (Å²) in [6, 6.07) is 16.4. The molecule has 0 aliphatic heterocycles. The van der Waals surface area contributed by atoms with Crippen LogP contribution in [0.15, 0.2) is 59.5 Å². The van der Waals surface area contributed by atoms with Crippen LogP contribution < -0.4 is 15.8 Å². The number of nitrogens with zero attached hydrogens (tertiary/aromatic N) is 2. The van der Waals surface area contributed by atoms with Crippen LogP contribution in [0.1, 0.15) is 16.8 Å². The van der Waals surface area contributed by atoms with Crippen molar-refractivity contribution in [3.63, 3.8) is 0 Å². The summed E-state index contributed by atoms with van der Waals surface area (Å²) in [5, 5.41) is 11.6. The number of benzene rings is 2. The number of hydrogen-bond acceptors (Lipinski definition) is 6. The van der Waals surface area contributed by atoms with Gasteiger partial charge in [-0.3, -0.25) is 0 Å². The van der Waals surface area contributed by atoms with Crippen LogP contribution in [0.3, 0.4) is 0 Å². The van der Waals surface area contributed by atoms with Crippen LogP contribution in [0.25, 0.3) is 0 Å². The Hall–Kier alpha value is -2.97. The molecular weight excluding hydrogens is 374 g/mol. The molecule has 8 heteroatoms. The van der Waals surface area contributed by atoms with Crippen molar-refractivity contribution in [3.8, 4) is 0 Å². The standard InChI is InChI=1S/C20H23N5O2S/c1-14-5-3-4-6-18(14)24-19-13-15(2)23-20(25-19)22-12-11-16-7-9-17(10-8-16)28(21,26)27/h3-10,13H,11-12H2,1-2H3,(H2,21,26,27)(H2,22,23,24,25). The highest BCUT2D eigenvalue weighted by molar-refractivity contribution is 7.89. The lowest BCUT2D eigenvalue weighted by molar-refractivity contribution is 0.598. The third-order valence-corrected chi connectivity index (χ3v) is 5.14. The van der Waals surface area contributed by atoms with Gasteiger partial charge in [0.05, 0.1) is 4.90 Å². The second-order valence-electron chi connectivity index (χ2n) is 6.52. The maximum atomic E-state index is 11.3. The van der Waals surface area contributed by atoms with Gasteiger partial charge in [0.25, 0.3) is 0 Å². The zero-order chi connectivity index (χ0) is 20.1. The largest absolute Gasteiger partial charge is 0.354 e. The summed E-state index contributed by atoms with van der Waals surface area (Å²) in [5.41, 5.74) is 3.98. The smallest absolute Gasteiger partial charge is 0.238 e. The van der Waals surface area contributed by atoms with Crippen molar-refractivity contribution in [3.05, 3.63) is 71.4 Å².